The predicted molar refractivity (Wildman–Crippen MR) is 85.0 cm³/mol. The first-order chi connectivity index (χ1) is 10.6. The molecule has 0 saturated carbocycles. The third kappa shape index (κ3) is 4.03. The molecule has 0 fully saturated rings. The Morgan fingerprint density at radius 2 is 1.82 bits per heavy atom. The summed E-state index contributed by atoms with van der Waals surface area (Å²) >= 11 is -2.46. The molecule has 1 unspecified atom stereocenters. The minimum absolute atomic E-state index is 0.474. The summed E-state index contributed by atoms with van der Waals surface area (Å²) in [6, 6.07) is 15.6. The fourth-order valence-corrected chi connectivity index (χ4v) is 2.45. The summed E-state index contributed by atoms with van der Waals surface area (Å²) in [5, 5.41) is 0. The quantitative estimate of drug-likeness (QED) is 0.483. The van der Waals surface area contributed by atoms with Gasteiger partial charge in [-0.2, -0.15) is 0 Å². The van der Waals surface area contributed by atoms with Crippen molar-refractivity contribution >= 4 is 34.7 Å². The number of esters is 1. The molecule has 1 atom stereocenters. The van der Waals surface area contributed by atoms with Gasteiger partial charge in [0.05, 0.1) is 29.8 Å². The summed E-state index contributed by atoms with van der Waals surface area (Å²) in [6.45, 7) is 0. The van der Waals surface area contributed by atoms with Crippen LogP contribution in [0.1, 0.15) is 5.56 Å². The zero-order valence-electron chi connectivity index (χ0n) is 11.8. The van der Waals surface area contributed by atoms with Gasteiger partial charge in [0.1, 0.15) is 0 Å². The Morgan fingerprint density at radius 1 is 1.14 bits per heavy atom. The Kier molecular flexibility index (Phi) is 5.46. The van der Waals surface area contributed by atoms with Crippen LogP contribution in [0.2, 0.25) is 0 Å². The number of ether oxygens (including phenoxy) is 1. The minimum atomic E-state index is -2.46. The normalized spacial score (nSPS) is 12.1. The van der Waals surface area contributed by atoms with E-state index in [1.54, 1.807) is 54.6 Å². The summed E-state index contributed by atoms with van der Waals surface area (Å²) in [7, 11) is 1.29. The molecule has 0 aliphatic heterocycles. The monoisotopic (exact) mass is 316 g/mol. The van der Waals surface area contributed by atoms with Gasteiger partial charge in [0.15, 0.2) is 0 Å². The van der Waals surface area contributed by atoms with Crippen LogP contribution < -0.4 is 4.31 Å². The van der Waals surface area contributed by atoms with Crippen molar-refractivity contribution in [2.24, 2.45) is 0 Å². The Bertz CT molecular complexity index is 700. The Balaban J connectivity index is 2.36. The third-order valence-electron chi connectivity index (χ3n) is 2.86. The highest BCUT2D eigenvalue weighted by molar-refractivity contribution is 7.81. The van der Waals surface area contributed by atoms with E-state index < -0.39 is 17.2 Å². The third-order valence-corrected chi connectivity index (χ3v) is 3.58. The highest BCUT2D eigenvalue weighted by Crippen LogP contribution is 2.27. The Morgan fingerprint density at radius 3 is 2.45 bits per heavy atom. The first-order valence-electron chi connectivity index (χ1n) is 6.42. The van der Waals surface area contributed by atoms with Crippen LogP contribution in [0.3, 0.4) is 0 Å². The fraction of sp³-hybridized carbons (Fsp3) is 0.0625. The van der Waals surface area contributed by atoms with Crippen molar-refractivity contribution in [2.75, 3.05) is 11.4 Å². The van der Waals surface area contributed by atoms with Crippen LogP contribution in [0.4, 0.5) is 11.4 Å². The predicted octanol–water partition coefficient (Wildman–Crippen LogP) is 2.81. The highest BCUT2D eigenvalue weighted by atomic mass is 32.2. The molecular formula is C16H14NO4S-. The van der Waals surface area contributed by atoms with Gasteiger partial charge in [0.2, 0.25) is 0 Å². The molecule has 0 bridgehead atoms. The molecule has 2 rings (SSSR count). The van der Waals surface area contributed by atoms with Crippen molar-refractivity contribution in [3.63, 3.8) is 0 Å². The van der Waals surface area contributed by atoms with Gasteiger partial charge in [-0.05, 0) is 35.9 Å². The molecule has 0 aromatic heterocycles. The van der Waals surface area contributed by atoms with E-state index in [9.17, 15) is 13.6 Å². The second-order valence-corrected chi connectivity index (χ2v) is 5.10. The van der Waals surface area contributed by atoms with Gasteiger partial charge < -0.3 is 9.29 Å². The van der Waals surface area contributed by atoms with E-state index in [1.165, 1.54) is 17.5 Å². The molecule has 0 heterocycles. The number of anilines is 2. The zero-order valence-corrected chi connectivity index (χ0v) is 12.7. The molecule has 2 aromatic rings. The van der Waals surface area contributed by atoms with Crippen molar-refractivity contribution in [1.29, 1.82) is 0 Å². The van der Waals surface area contributed by atoms with E-state index in [1.807, 2.05) is 6.07 Å². The highest BCUT2D eigenvalue weighted by Gasteiger charge is 2.09. The fourth-order valence-electron chi connectivity index (χ4n) is 1.87. The molecule has 0 aliphatic rings. The second-order valence-electron chi connectivity index (χ2n) is 4.30. The number of nitrogens with zero attached hydrogens (tertiary/aromatic N) is 1. The average molecular weight is 316 g/mol. The van der Waals surface area contributed by atoms with Crippen molar-refractivity contribution in [1.82, 2.24) is 0 Å². The van der Waals surface area contributed by atoms with E-state index in [0.29, 0.717) is 16.9 Å². The Hall–Kier alpha value is -2.44. The maximum absolute atomic E-state index is 11.6. The van der Waals surface area contributed by atoms with Gasteiger partial charge in [-0.1, -0.05) is 30.3 Å². The van der Waals surface area contributed by atoms with Gasteiger partial charge in [-0.3, -0.25) is 8.51 Å². The number of rotatable bonds is 5. The van der Waals surface area contributed by atoms with Gasteiger partial charge in [0, 0.05) is 6.08 Å². The molecule has 114 valence electrons. The molecule has 0 N–H and O–H groups in total. The number of methoxy groups -OCH3 is 1. The van der Waals surface area contributed by atoms with Crippen LogP contribution in [0.25, 0.3) is 6.08 Å². The topological polar surface area (TPSA) is 69.7 Å². The molecule has 0 aliphatic carbocycles. The van der Waals surface area contributed by atoms with Crippen LogP contribution in [0.15, 0.2) is 60.7 Å². The first-order valence-corrected chi connectivity index (χ1v) is 7.45. The van der Waals surface area contributed by atoms with E-state index in [2.05, 4.69) is 4.74 Å². The molecule has 0 amide bonds. The maximum atomic E-state index is 11.6. The van der Waals surface area contributed by atoms with Crippen LogP contribution in [-0.2, 0) is 20.8 Å². The number of carbonyl (C=O) groups excluding carboxylic acids is 1. The van der Waals surface area contributed by atoms with Gasteiger partial charge in [0.25, 0.3) is 0 Å². The summed E-state index contributed by atoms with van der Waals surface area (Å²) in [4.78, 5) is 11.1. The molecule has 22 heavy (non-hydrogen) atoms. The van der Waals surface area contributed by atoms with Crippen LogP contribution in [0.5, 0.6) is 0 Å². The standard InChI is InChI=1S/C16H15NO4S/c1-21-16(18)11-10-13-6-5-9-15(12-13)17(22(19)20)14-7-3-2-4-8-14/h2-12H,1H3,(H,19,20)/p-1. The van der Waals surface area contributed by atoms with Crippen LogP contribution >= 0.6 is 0 Å². The number of para-hydroxylation sites is 1. The lowest BCUT2D eigenvalue weighted by molar-refractivity contribution is -0.134. The molecule has 2 aromatic carbocycles. The smallest absolute Gasteiger partial charge is 0.330 e. The van der Waals surface area contributed by atoms with Crippen molar-refractivity contribution in [2.45, 2.75) is 0 Å². The maximum Gasteiger partial charge on any atom is 0.330 e. The van der Waals surface area contributed by atoms with E-state index in [0.717, 1.165) is 0 Å². The molecule has 0 saturated heterocycles. The Labute approximate surface area is 131 Å². The zero-order chi connectivity index (χ0) is 15.9. The molecular weight excluding hydrogens is 302 g/mol. The van der Waals surface area contributed by atoms with Crippen LogP contribution in [0, 0.1) is 0 Å². The number of hydrogen-bond donors (Lipinski definition) is 0. The first kappa shape index (κ1) is 15.9. The SMILES string of the molecule is COC(=O)C=Cc1cccc(N(c2ccccc2)S(=O)[O-])c1. The molecule has 5 nitrogen and oxygen atoms in total. The number of benzene rings is 2. The van der Waals surface area contributed by atoms with Crippen molar-refractivity contribution < 1.29 is 18.3 Å². The lowest BCUT2D eigenvalue weighted by Crippen LogP contribution is -2.19. The minimum Gasteiger partial charge on any atom is -0.755 e. The van der Waals surface area contributed by atoms with E-state index >= 15 is 0 Å². The molecule has 0 spiro atoms. The molecule has 0 radical (unpaired) electrons. The lowest BCUT2D eigenvalue weighted by atomic mass is 10.2. The lowest BCUT2D eigenvalue weighted by Gasteiger charge is -2.26. The number of carbonyl (C=O) groups is 1. The summed E-state index contributed by atoms with van der Waals surface area (Å²) in [6.07, 6.45) is 2.84. The average Bonchev–Trinajstić information content (AvgIpc) is 2.54. The van der Waals surface area contributed by atoms with E-state index in [4.69, 9.17) is 0 Å². The summed E-state index contributed by atoms with van der Waals surface area (Å²) < 4.78 is 28.8. The van der Waals surface area contributed by atoms with Gasteiger partial charge in [-0.25, -0.2) is 4.79 Å². The second kappa shape index (κ2) is 7.53. The summed E-state index contributed by atoms with van der Waals surface area (Å²) in [5.74, 6) is -0.474. The van der Waals surface area contributed by atoms with Gasteiger partial charge in [-0.15, -0.1) is 0 Å². The van der Waals surface area contributed by atoms with Crippen molar-refractivity contribution in [3.05, 3.63) is 66.2 Å². The van der Waals surface area contributed by atoms with Crippen molar-refractivity contribution in [3.8, 4) is 0 Å². The number of hydrogen-bond acceptors (Lipinski definition) is 4. The van der Waals surface area contributed by atoms with Crippen LogP contribution in [-0.4, -0.2) is 21.8 Å². The largest absolute Gasteiger partial charge is 0.755 e. The summed E-state index contributed by atoms with van der Waals surface area (Å²) in [5.41, 5.74) is 1.70. The van der Waals surface area contributed by atoms with Gasteiger partial charge >= 0.3 is 5.97 Å². The molecule has 6 heteroatoms. The van der Waals surface area contributed by atoms with E-state index in [-0.39, 0.29) is 0 Å².